The Bertz CT molecular complexity index is 974. The molecule has 2 amide bonds. The van der Waals surface area contributed by atoms with Crippen LogP contribution >= 0.6 is 0 Å². The molecule has 0 bridgehead atoms. The largest absolute Gasteiger partial charge is 0.416 e. The molecule has 1 aromatic carbocycles. The van der Waals surface area contributed by atoms with Crippen molar-refractivity contribution in [3.05, 3.63) is 53.3 Å². The molecule has 0 radical (unpaired) electrons. The van der Waals surface area contributed by atoms with E-state index < -0.39 is 11.7 Å². The van der Waals surface area contributed by atoms with Crippen LogP contribution in [0.25, 0.3) is 0 Å². The number of benzene rings is 1. The van der Waals surface area contributed by atoms with Gasteiger partial charge in [-0.2, -0.15) is 23.0 Å². The van der Waals surface area contributed by atoms with Crippen molar-refractivity contribution >= 4 is 11.9 Å². The summed E-state index contributed by atoms with van der Waals surface area (Å²) in [6.07, 6.45) is 0.370. The average Bonchev–Trinajstić information content (AvgIpc) is 3.47. The third kappa shape index (κ3) is 4.50. The molecule has 1 N–H and O–H groups in total. The first-order valence-electron chi connectivity index (χ1n) is 10.6. The summed E-state index contributed by atoms with van der Waals surface area (Å²) < 4.78 is 39.5. The van der Waals surface area contributed by atoms with Gasteiger partial charge < -0.3 is 10.2 Å². The highest BCUT2D eigenvalue weighted by molar-refractivity contribution is 5.94. The Hall–Kier alpha value is -2.88. The molecule has 2 aliphatic rings. The lowest BCUT2D eigenvalue weighted by Gasteiger charge is -2.26. The zero-order valence-electron chi connectivity index (χ0n) is 18.0. The fourth-order valence-corrected chi connectivity index (χ4v) is 4.83. The fourth-order valence-electron chi connectivity index (χ4n) is 4.83. The molecule has 32 heavy (non-hydrogen) atoms. The molecule has 3 atom stereocenters. The maximum Gasteiger partial charge on any atom is 0.416 e. The number of carbonyl (C=O) groups excluding carboxylic acids is 2. The van der Waals surface area contributed by atoms with E-state index in [2.05, 4.69) is 15.3 Å². The Morgan fingerprint density at radius 3 is 2.34 bits per heavy atom. The highest BCUT2D eigenvalue weighted by atomic mass is 19.4. The van der Waals surface area contributed by atoms with Crippen LogP contribution in [0.2, 0.25) is 0 Å². The summed E-state index contributed by atoms with van der Waals surface area (Å²) in [5.41, 5.74) is 0.550. The van der Waals surface area contributed by atoms with Gasteiger partial charge in [0.05, 0.1) is 17.3 Å². The van der Waals surface area contributed by atoms with Gasteiger partial charge in [-0.05, 0) is 49.4 Å². The van der Waals surface area contributed by atoms with Crippen molar-refractivity contribution in [3.63, 3.8) is 0 Å². The molecule has 7 nitrogen and oxygen atoms in total. The van der Waals surface area contributed by atoms with Crippen LogP contribution < -0.4 is 5.32 Å². The second-order valence-electron chi connectivity index (χ2n) is 8.70. The van der Waals surface area contributed by atoms with E-state index in [1.165, 1.54) is 36.3 Å². The van der Waals surface area contributed by atoms with Gasteiger partial charge in [0, 0.05) is 38.9 Å². The molecule has 1 aliphatic carbocycles. The summed E-state index contributed by atoms with van der Waals surface area (Å²) in [5.74, 6) is 0.474. The van der Waals surface area contributed by atoms with Crippen molar-refractivity contribution in [1.29, 1.82) is 0 Å². The average molecular weight is 449 g/mol. The summed E-state index contributed by atoms with van der Waals surface area (Å²) in [6.45, 7) is 1.87. The highest BCUT2D eigenvalue weighted by Gasteiger charge is 2.43. The summed E-state index contributed by atoms with van der Waals surface area (Å²) in [6, 6.07) is 5.42. The molecule has 4 rings (SSSR count). The summed E-state index contributed by atoms with van der Waals surface area (Å²) in [7, 11) is 3.52. The molecular formula is C22H26F3N5O2. The van der Waals surface area contributed by atoms with Crippen LogP contribution in [0, 0.1) is 11.8 Å². The van der Waals surface area contributed by atoms with Crippen LogP contribution in [0.5, 0.6) is 0 Å². The van der Waals surface area contributed by atoms with E-state index in [1.54, 1.807) is 4.90 Å². The zero-order valence-corrected chi connectivity index (χ0v) is 18.0. The third-order valence-electron chi connectivity index (χ3n) is 6.60. The Morgan fingerprint density at radius 2 is 1.78 bits per heavy atom. The topological polar surface area (TPSA) is 70.5 Å². The smallest absolute Gasteiger partial charge is 0.355 e. The molecule has 2 fully saturated rings. The lowest BCUT2D eigenvalue weighted by molar-refractivity contribution is -0.137. The number of nitrogens with zero attached hydrogens (tertiary/aromatic N) is 4. The predicted octanol–water partition coefficient (Wildman–Crippen LogP) is 3.07. The van der Waals surface area contributed by atoms with Crippen molar-refractivity contribution in [2.24, 2.45) is 11.8 Å². The van der Waals surface area contributed by atoms with E-state index in [-0.39, 0.29) is 11.9 Å². The van der Waals surface area contributed by atoms with Gasteiger partial charge in [-0.15, -0.1) is 0 Å². The number of aromatic nitrogens is 2. The molecular weight excluding hydrogens is 423 g/mol. The summed E-state index contributed by atoms with van der Waals surface area (Å²) in [4.78, 5) is 28.4. The minimum absolute atomic E-state index is 0.232. The van der Waals surface area contributed by atoms with Crippen molar-refractivity contribution < 1.29 is 22.8 Å². The number of nitrogens with one attached hydrogen (secondary N) is 1. The summed E-state index contributed by atoms with van der Waals surface area (Å²) >= 11 is 0. The van der Waals surface area contributed by atoms with Gasteiger partial charge in [0.1, 0.15) is 0 Å². The van der Waals surface area contributed by atoms with Crippen LogP contribution in [0.4, 0.5) is 18.0 Å². The quantitative estimate of drug-likeness (QED) is 0.779. The number of likely N-dealkylation sites (tertiary alicyclic amines) is 1. The molecule has 0 spiro atoms. The van der Waals surface area contributed by atoms with Crippen LogP contribution in [-0.4, -0.2) is 64.7 Å². The molecule has 2 unspecified atom stereocenters. The Morgan fingerprint density at radius 1 is 1.16 bits per heavy atom. The van der Waals surface area contributed by atoms with Crippen molar-refractivity contribution in [2.75, 3.05) is 27.2 Å². The number of amides is 2. The second-order valence-corrected chi connectivity index (χ2v) is 8.70. The number of fused-ring (bicyclic) bond motifs is 1. The van der Waals surface area contributed by atoms with Crippen LogP contribution in [0.1, 0.15) is 34.3 Å². The van der Waals surface area contributed by atoms with E-state index >= 15 is 0 Å². The van der Waals surface area contributed by atoms with Gasteiger partial charge in [-0.3, -0.25) is 9.69 Å². The van der Waals surface area contributed by atoms with E-state index in [9.17, 15) is 22.8 Å². The number of carbonyl (C=O) groups is 2. The van der Waals surface area contributed by atoms with Crippen molar-refractivity contribution in [2.45, 2.75) is 31.6 Å². The lowest BCUT2D eigenvalue weighted by Crippen LogP contribution is -2.36. The third-order valence-corrected chi connectivity index (χ3v) is 6.60. The second kappa shape index (κ2) is 8.57. The minimum atomic E-state index is -4.32. The van der Waals surface area contributed by atoms with Crippen molar-refractivity contribution in [3.8, 4) is 0 Å². The number of rotatable bonds is 4. The van der Waals surface area contributed by atoms with Crippen molar-refractivity contribution in [1.82, 2.24) is 24.9 Å². The maximum absolute atomic E-state index is 12.8. The van der Waals surface area contributed by atoms with Gasteiger partial charge in [-0.1, -0.05) is 12.1 Å². The summed E-state index contributed by atoms with van der Waals surface area (Å²) in [5, 5.41) is 6.53. The SMILES string of the molecule is CNC(=O)c1cnn(C(=O)N2CC3CC(N(C)Cc4ccc(C(F)(F)F)cc4)C[C@H]3C2)c1. The number of hydrogen-bond acceptors (Lipinski definition) is 4. The van der Waals surface area contributed by atoms with Gasteiger partial charge in [0.15, 0.2) is 0 Å². The molecule has 1 saturated carbocycles. The normalized spacial score (nSPS) is 22.9. The highest BCUT2D eigenvalue weighted by Crippen LogP contribution is 2.40. The number of hydrogen-bond donors (Lipinski definition) is 1. The van der Waals surface area contributed by atoms with E-state index in [0.29, 0.717) is 43.1 Å². The Balaban J connectivity index is 1.31. The van der Waals surface area contributed by atoms with Gasteiger partial charge in [0.25, 0.3) is 5.91 Å². The molecule has 10 heteroatoms. The van der Waals surface area contributed by atoms with Crippen LogP contribution in [0.3, 0.4) is 0 Å². The first kappa shape index (κ1) is 22.3. The van der Waals surface area contributed by atoms with Crippen LogP contribution in [0.15, 0.2) is 36.7 Å². The Labute approximate surface area is 184 Å². The van der Waals surface area contributed by atoms with E-state index in [4.69, 9.17) is 0 Å². The lowest BCUT2D eigenvalue weighted by atomic mass is 10.0. The molecule has 172 valence electrons. The Kier molecular flexibility index (Phi) is 5.98. The number of alkyl halides is 3. The number of halogens is 3. The minimum Gasteiger partial charge on any atom is -0.355 e. The predicted molar refractivity (Wildman–Crippen MR) is 111 cm³/mol. The zero-order chi connectivity index (χ0) is 23.0. The first-order valence-corrected chi connectivity index (χ1v) is 10.6. The van der Waals surface area contributed by atoms with Gasteiger partial charge >= 0.3 is 12.2 Å². The maximum atomic E-state index is 12.8. The molecule has 2 aromatic rings. The monoisotopic (exact) mass is 449 g/mol. The van der Waals surface area contributed by atoms with E-state index in [1.807, 2.05) is 7.05 Å². The molecule has 1 aromatic heterocycles. The van der Waals surface area contributed by atoms with E-state index in [0.717, 1.165) is 30.5 Å². The van der Waals surface area contributed by atoms with Gasteiger partial charge in [-0.25, -0.2) is 4.79 Å². The van der Waals surface area contributed by atoms with Gasteiger partial charge in [0.2, 0.25) is 0 Å². The molecule has 2 heterocycles. The standard InChI is InChI=1S/C22H26F3N5O2/c1-26-20(31)17-9-27-30(13-17)21(32)29-11-15-7-19(8-16(15)12-29)28(2)10-14-3-5-18(6-4-14)22(23,24)25/h3-6,9,13,15-16,19H,7-8,10-12H2,1-2H3,(H,26,31)/t15-,16?,19?/m0/s1. The molecule has 1 aliphatic heterocycles. The fraction of sp³-hybridized carbons (Fsp3) is 0.500. The van der Waals surface area contributed by atoms with Crippen LogP contribution in [-0.2, 0) is 12.7 Å². The molecule has 1 saturated heterocycles. The first-order chi connectivity index (χ1) is 15.2.